The molecule has 1 amide bonds. The van der Waals surface area contributed by atoms with Crippen molar-refractivity contribution in [1.29, 1.82) is 0 Å². The van der Waals surface area contributed by atoms with Crippen molar-refractivity contribution in [1.82, 2.24) is 29.6 Å². The third kappa shape index (κ3) is 3.30. The second kappa shape index (κ2) is 7.93. The Morgan fingerprint density at radius 2 is 2.15 bits per heavy atom. The summed E-state index contributed by atoms with van der Waals surface area (Å²) in [6.45, 7) is 4.11. The monoisotopic (exact) mass is 468 g/mol. The zero-order valence-corrected chi connectivity index (χ0v) is 19.1. The van der Waals surface area contributed by atoms with Crippen LogP contribution in [0.1, 0.15) is 45.7 Å². The lowest BCUT2D eigenvalue weighted by Crippen LogP contribution is -2.29. The number of benzene rings is 1. The second-order valence-corrected chi connectivity index (χ2v) is 8.63. The molecule has 0 unspecified atom stereocenters. The van der Waals surface area contributed by atoms with E-state index in [2.05, 4.69) is 15.1 Å². The van der Waals surface area contributed by atoms with Crippen LogP contribution in [0.25, 0.3) is 22.4 Å². The van der Waals surface area contributed by atoms with E-state index in [1.165, 1.54) is 12.1 Å². The predicted molar refractivity (Wildman–Crippen MR) is 122 cm³/mol. The predicted octanol–water partition coefficient (Wildman–Crippen LogP) is 3.65. The molecule has 3 aromatic heterocycles. The highest BCUT2D eigenvalue weighted by Crippen LogP contribution is 2.38. The first-order valence-electron chi connectivity index (χ1n) is 10.6. The zero-order valence-electron chi connectivity index (χ0n) is 18.4. The molecule has 170 valence electrons. The summed E-state index contributed by atoms with van der Waals surface area (Å²) in [7, 11) is 1.67. The van der Waals surface area contributed by atoms with Crippen LogP contribution in [0.2, 0.25) is 5.02 Å². The number of nitrogens with zero attached hydrogens (tertiary/aromatic N) is 5. The van der Waals surface area contributed by atoms with Crippen LogP contribution in [-0.4, -0.2) is 54.3 Å². The van der Waals surface area contributed by atoms with Gasteiger partial charge in [-0.1, -0.05) is 18.5 Å². The first-order chi connectivity index (χ1) is 15.8. The van der Waals surface area contributed by atoms with E-state index in [4.69, 9.17) is 16.6 Å². The van der Waals surface area contributed by atoms with Gasteiger partial charge in [0.15, 0.2) is 5.65 Å². The quantitative estimate of drug-likeness (QED) is 0.467. The number of aryl methyl sites for hydroxylation is 1. The molecule has 1 atom stereocenters. The fourth-order valence-electron chi connectivity index (χ4n) is 4.60. The average molecular weight is 469 g/mol. The summed E-state index contributed by atoms with van der Waals surface area (Å²) >= 11 is 6.42. The maximum absolute atomic E-state index is 14.5. The summed E-state index contributed by atoms with van der Waals surface area (Å²) < 4.78 is 16.2. The van der Waals surface area contributed by atoms with E-state index in [1.807, 2.05) is 13.8 Å². The zero-order chi connectivity index (χ0) is 23.4. The molecule has 0 saturated heterocycles. The standard InChI is InChI=1S/C23H22ClFN6O2/c1-11-14-8-26-22-21(14)28-16(9-27-22)19-12(2)29-31(6-7-32)17(19)10-30(3)23(33)13-4-5-15(25)20(24)18(11)13/h4-5,8-9,11,32H,6-7,10H2,1-3H3,(H,26,27)/t11-/m0/s1. The molecule has 1 aliphatic heterocycles. The lowest BCUT2D eigenvalue weighted by atomic mass is 9.89. The lowest BCUT2D eigenvalue weighted by Gasteiger charge is -2.24. The molecule has 0 spiro atoms. The number of rotatable bonds is 2. The van der Waals surface area contributed by atoms with E-state index in [0.717, 1.165) is 22.5 Å². The minimum Gasteiger partial charge on any atom is -0.394 e. The third-order valence-electron chi connectivity index (χ3n) is 6.21. The van der Waals surface area contributed by atoms with Crippen LogP contribution in [0.3, 0.4) is 0 Å². The van der Waals surface area contributed by atoms with Crippen LogP contribution < -0.4 is 0 Å². The fourth-order valence-corrected chi connectivity index (χ4v) is 4.93. The summed E-state index contributed by atoms with van der Waals surface area (Å²) in [5.74, 6) is -1.30. The Bertz CT molecular complexity index is 1410. The van der Waals surface area contributed by atoms with E-state index >= 15 is 0 Å². The topological polar surface area (TPSA) is 99.9 Å². The van der Waals surface area contributed by atoms with Gasteiger partial charge in [-0.2, -0.15) is 5.10 Å². The van der Waals surface area contributed by atoms with E-state index in [-0.39, 0.29) is 30.6 Å². The van der Waals surface area contributed by atoms with Gasteiger partial charge in [0, 0.05) is 35.9 Å². The highest BCUT2D eigenvalue weighted by Gasteiger charge is 2.29. The molecule has 5 rings (SSSR count). The van der Waals surface area contributed by atoms with Crippen molar-refractivity contribution < 1.29 is 14.3 Å². The number of nitrogens with one attached hydrogen (secondary N) is 1. The largest absolute Gasteiger partial charge is 0.394 e. The highest BCUT2D eigenvalue weighted by molar-refractivity contribution is 6.32. The molecule has 10 heteroatoms. The third-order valence-corrected chi connectivity index (χ3v) is 6.59. The van der Waals surface area contributed by atoms with E-state index in [1.54, 1.807) is 29.0 Å². The summed E-state index contributed by atoms with van der Waals surface area (Å²) in [5, 5.41) is 14.0. The summed E-state index contributed by atoms with van der Waals surface area (Å²) in [5.41, 5.74) is 5.52. The van der Waals surface area contributed by atoms with Crippen molar-refractivity contribution >= 4 is 28.7 Å². The molecule has 4 aromatic rings. The number of carbonyl (C=O) groups is 1. The second-order valence-electron chi connectivity index (χ2n) is 8.26. The lowest BCUT2D eigenvalue weighted by molar-refractivity contribution is 0.0780. The van der Waals surface area contributed by atoms with Crippen LogP contribution in [0.5, 0.6) is 0 Å². The first kappa shape index (κ1) is 21.5. The molecule has 0 saturated carbocycles. The molecule has 2 N–H and O–H groups in total. The van der Waals surface area contributed by atoms with Crippen molar-refractivity contribution in [2.75, 3.05) is 13.7 Å². The van der Waals surface area contributed by atoms with Crippen LogP contribution in [0.4, 0.5) is 4.39 Å². The summed E-state index contributed by atoms with van der Waals surface area (Å²) in [4.78, 5) is 27.7. The number of halogens is 2. The number of carbonyl (C=O) groups excluding carboxylic acids is 1. The molecule has 1 aromatic carbocycles. The van der Waals surface area contributed by atoms with Crippen molar-refractivity contribution in [3.63, 3.8) is 0 Å². The van der Waals surface area contributed by atoms with Crippen molar-refractivity contribution in [3.8, 4) is 11.3 Å². The van der Waals surface area contributed by atoms with E-state index in [0.29, 0.717) is 28.0 Å². The Kier molecular flexibility index (Phi) is 5.18. The van der Waals surface area contributed by atoms with Gasteiger partial charge in [0.25, 0.3) is 5.91 Å². The van der Waals surface area contributed by atoms with Crippen LogP contribution in [-0.2, 0) is 13.1 Å². The number of aliphatic hydroxyl groups excluding tert-OH is 1. The molecule has 8 nitrogen and oxygen atoms in total. The molecule has 33 heavy (non-hydrogen) atoms. The highest BCUT2D eigenvalue weighted by atomic mass is 35.5. The molecular weight excluding hydrogens is 447 g/mol. The number of aromatic amines is 1. The van der Waals surface area contributed by atoms with Crippen molar-refractivity contribution in [2.24, 2.45) is 0 Å². The van der Waals surface area contributed by atoms with Crippen LogP contribution in [0.15, 0.2) is 24.5 Å². The summed E-state index contributed by atoms with van der Waals surface area (Å²) in [6, 6.07) is 2.69. The SMILES string of the molecule is Cc1nn(CCO)c2c1-c1cnc3[nH]cc(c3n1)[C@H](C)c1c(ccc(F)c1Cl)C(=O)N(C)C2. The minimum absolute atomic E-state index is 0.0841. The fraction of sp³-hybridized carbons (Fsp3) is 0.304. The van der Waals surface area contributed by atoms with Gasteiger partial charge in [-0.25, -0.2) is 14.4 Å². The Hall–Kier alpha value is -3.30. The van der Waals surface area contributed by atoms with Gasteiger partial charge in [0.1, 0.15) is 11.3 Å². The normalized spacial score (nSPS) is 16.0. The molecular formula is C23H22ClFN6O2. The number of fused-ring (bicyclic) bond motifs is 4. The average Bonchev–Trinajstić information content (AvgIpc) is 3.34. The Morgan fingerprint density at radius 1 is 1.36 bits per heavy atom. The van der Waals surface area contributed by atoms with Gasteiger partial charge >= 0.3 is 0 Å². The molecule has 0 fully saturated rings. The Balaban J connectivity index is 1.85. The number of aromatic nitrogens is 5. The van der Waals surface area contributed by atoms with E-state index < -0.39 is 11.7 Å². The van der Waals surface area contributed by atoms with Crippen molar-refractivity contribution in [3.05, 3.63) is 63.4 Å². The number of hydrogen-bond acceptors (Lipinski definition) is 5. The van der Waals surface area contributed by atoms with Gasteiger partial charge in [-0.3, -0.25) is 9.48 Å². The smallest absolute Gasteiger partial charge is 0.254 e. The number of aliphatic hydroxyl groups is 1. The van der Waals surface area contributed by atoms with Crippen LogP contribution in [0, 0.1) is 12.7 Å². The first-order valence-corrected chi connectivity index (χ1v) is 10.9. The van der Waals surface area contributed by atoms with Gasteiger partial charge in [-0.05, 0) is 24.6 Å². The van der Waals surface area contributed by atoms with Crippen LogP contribution >= 0.6 is 11.6 Å². The Labute approximate surface area is 194 Å². The number of hydrogen-bond donors (Lipinski definition) is 2. The number of amides is 1. The molecule has 1 aliphatic rings. The maximum Gasteiger partial charge on any atom is 0.254 e. The minimum atomic E-state index is -0.588. The summed E-state index contributed by atoms with van der Waals surface area (Å²) in [6.07, 6.45) is 3.44. The van der Waals surface area contributed by atoms with Gasteiger partial charge in [0.05, 0.1) is 48.0 Å². The Morgan fingerprint density at radius 3 is 2.91 bits per heavy atom. The molecule has 4 heterocycles. The van der Waals surface area contributed by atoms with Crippen molar-refractivity contribution in [2.45, 2.75) is 32.9 Å². The van der Waals surface area contributed by atoms with Gasteiger partial charge in [-0.15, -0.1) is 0 Å². The molecule has 0 aliphatic carbocycles. The molecule has 2 bridgehead atoms. The number of H-pyrrole nitrogens is 1. The maximum atomic E-state index is 14.5. The molecule has 0 radical (unpaired) electrons. The van der Waals surface area contributed by atoms with E-state index in [9.17, 15) is 14.3 Å². The van der Waals surface area contributed by atoms with Gasteiger partial charge < -0.3 is 15.0 Å². The van der Waals surface area contributed by atoms with Gasteiger partial charge in [0.2, 0.25) is 0 Å².